The lowest BCUT2D eigenvalue weighted by Crippen LogP contribution is -2.41. The molecule has 0 bridgehead atoms. The molecule has 0 saturated heterocycles. The van der Waals surface area contributed by atoms with Crippen LogP contribution in [0.25, 0.3) is 6.08 Å². The summed E-state index contributed by atoms with van der Waals surface area (Å²) in [6.45, 7) is 2.26. The van der Waals surface area contributed by atoms with E-state index in [1.807, 2.05) is 12.1 Å². The number of benzene rings is 1. The molecule has 4 nitrogen and oxygen atoms in total. The van der Waals surface area contributed by atoms with Crippen LogP contribution in [0.3, 0.4) is 0 Å². The topological polar surface area (TPSA) is 62.1 Å². The first-order valence-corrected chi connectivity index (χ1v) is 9.13. The zero-order chi connectivity index (χ0) is 18.2. The van der Waals surface area contributed by atoms with E-state index < -0.39 is 0 Å². The molecule has 1 fully saturated rings. The lowest BCUT2D eigenvalue weighted by atomic mass is 9.86. The highest BCUT2D eigenvalue weighted by atomic mass is 79.9. The van der Waals surface area contributed by atoms with Gasteiger partial charge < -0.3 is 10.1 Å². The van der Waals surface area contributed by atoms with E-state index in [0.717, 1.165) is 23.7 Å². The Morgan fingerprint density at radius 1 is 1.48 bits per heavy atom. The van der Waals surface area contributed by atoms with Crippen molar-refractivity contribution in [1.29, 1.82) is 5.26 Å². The molecule has 130 valence electrons. The minimum atomic E-state index is -0.343. The van der Waals surface area contributed by atoms with Gasteiger partial charge in [0.05, 0.1) is 0 Å². The average molecular weight is 401 g/mol. The van der Waals surface area contributed by atoms with Gasteiger partial charge in [0.15, 0.2) is 0 Å². The standard InChI is InChI=1S/C20H21BrN2O2/c1-3-10-25-19-9-8-17(21)12-15(19)11-16(13-22)20(24)23-18-7-5-4-6-14(18)2/h1,8-9,11-12,14,18H,4-7,10H2,2H3,(H,23,24)/b16-11+/t14-,18+/m0/s1. The Morgan fingerprint density at radius 3 is 2.92 bits per heavy atom. The van der Waals surface area contributed by atoms with Crippen LogP contribution in [-0.2, 0) is 4.79 Å². The number of hydrogen-bond donors (Lipinski definition) is 1. The third-order valence-electron chi connectivity index (χ3n) is 4.38. The summed E-state index contributed by atoms with van der Waals surface area (Å²) in [7, 11) is 0. The smallest absolute Gasteiger partial charge is 0.262 e. The second-order valence-corrected chi connectivity index (χ2v) is 7.10. The SMILES string of the molecule is C#CCOc1ccc(Br)cc1/C=C(\C#N)C(=O)N[C@@H]1CCCC[C@@H]1C. The first kappa shape index (κ1) is 19.1. The van der Waals surface area contributed by atoms with Crippen molar-refractivity contribution in [2.24, 2.45) is 5.92 Å². The predicted octanol–water partition coefficient (Wildman–Crippen LogP) is 4.06. The first-order valence-electron chi connectivity index (χ1n) is 8.33. The summed E-state index contributed by atoms with van der Waals surface area (Å²) >= 11 is 3.39. The second kappa shape index (κ2) is 9.30. The van der Waals surface area contributed by atoms with Gasteiger partial charge in [0, 0.05) is 16.1 Å². The summed E-state index contributed by atoms with van der Waals surface area (Å²) in [6.07, 6.45) is 11.1. The highest BCUT2D eigenvalue weighted by Gasteiger charge is 2.24. The van der Waals surface area contributed by atoms with Crippen LogP contribution >= 0.6 is 15.9 Å². The number of nitriles is 1. The number of carbonyl (C=O) groups excluding carboxylic acids is 1. The van der Waals surface area contributed by atoms with Crippen molar-refractivity contribution in [2.45, 2.75) is 38.6 Å². The highest BCUT2D eigenvalue weighted by molar-refractivity contribution is 9.10. The summed E-state index contributed by atoms with van der Waals surface area (Å²) in [4.78, 5) is 12.5. The molecule has 0 heterocycles. The summed E-state index contributed by atoms with van der Waals surface area (Å²) in [5.41, 5.74) is 0.689. The average Bonchev–Trinajstić information content (AvgIpc) is 2.60. The molecule has 0 spiro atoms. The van der Waals surface area contributed by atoms with E-state index in [-0.39, 0.29) is 24.1 Å². The number of rotatable bonds is 5. The Labute approximate surface area is 157 Å². The van der Waals surface area contributed by atoms with E-state index in [0.29, 0.717) is 17.2 Å². The van der Waals surface area contributed by atoms with Gasteiger partial charge in [-0.2, -0.15) is 5.26 Å². The Balaban J connectivity index is 2.21. The molecule has 1 aliphatic rings. The zero-order valence-corrected chi connectivity index (χ0v) is 15.8. The van der Waals surface area contributed by atoms with Crippen LogP contribution in [0.2, 0.25) is 0 Å². The first-order chi connectivity index (χ1) is 12.0. The van der Waals surface area contributed by atoms with Crippen molar-refractivity contribution in [2.75, 3.05) is 6.61 Å². The molecule has 0 aromatic heterocycles. The van der Waals surface area contributed by atoms with E-state index >= 15 is 0 Å². The number of carbonyl (C=O) groups is 1. The molecule has 25 heavy (non-hydrogen) atoms. The maximum absolute atomic E-state index is 12.5. The number of nitrogens with zero attached hydrogens (tertiary/aromatic N) is 1. The van der Waals surface area contributed by atoms with Crippen molar-refractivity contribution in [1.82, 2.24) is 5.32 Å². The third kappa shape index (κ3) is 5.37. The number of amides is 1. The van der Waals surface area contributed by atoms with Crippen molar-refractivity contribution < 1.29 is 9.53 Å². The molecular weight excluding hydrogens is 380 g/mol. The summed E-state index contributed by atoms with van der Waals surface area (Å²) in [5.74, 6) is 3.03. The fourth-order valence-corrected chi connectivity index (χ4v) is 3.34. The minimum Gasteiger partial charge on any atom is -0.480 e. The predicted molar refractivity (Wildman–Crippen MR) is 102 cm³/mol. The van der Waals surface area contributed by atoms with Crippen molar-refractivity contribution >= 4 is 27.9 Å². The molecule has 2 rings (SSSR count). The normalized spacial score (nSPS) is 20.2. The molecule has 1 saturated carbocycles. The van der Waals surface area contributed by atoms with Crippen LogP contribution in [0, 0.1) is 29.6 Å². The molecule has 0 aliphatic heterocycles. The van der Waals surface area contributed by atoms with E-state index in [9.17, 15) is 10.1 Å². The Kier molecular flexibility index (Phi) is 7.10. The number of ether oxygens (including phenoxy) is 1. The Hall–Kier alpha value is -2.24. The molecule has 1 aromatic carbocycles. The fourth-order valence-electron chi connectivity index (χ4n) is 2.96. The van der Waals surface area contributed by atoms with Gasteiger partial charge in [-0.3, -0.25) is 4.79 Å². The van der Waals surface area contributed by atoms with Gasteiger partial charge in [-0.05, 0) is 43.0 Å². The van der Waals surface area contributed by atoms with Crippen molar-refractivity contribution in [3.8, 4) is 24.2 Å². The van der Waals surface area contributed by atoms with Gasteiger partial charge in [0.2, 0.25) is 0 Å². The van der Waals surface area contributed by atoms with Crippen molar-refractivity contribution in [3.05, 3.63) is 33.8 Å². The molecular formula is C20H21BrN2O2. The van der Waals surface area contributed by atoms with Crippen LogP contribution in [0.4, 0.5) is 0 Å². The molecule has 1 N–H and O–H groups in total. The Morgan fingerprint density at radius 2 is 2.24 bits per heavy atom. The number of halogens is 1. The van der Waals surface area contributed by atoms with E-state index in [2.05, 4.69) is 34.1 Å². The second-order valence-electron chi connectivity index (χ2n) is 6.19. The molecule has 1 aliphatic carbocycles. The van der Waals surface area contributed by atoms with Gasteiger partial charge in [0.1, 0.15) is 24.0 Å². The Bertz CT molecular complexity index is 743. The summed E-state index contributed by atoms with van der Waals surface area (Å²) in [5, 5.41) is 12.4. The molecule has 5 heteroatoms. The molecule has 2 atom stereocenters. The van der Waals surface area contributed by atoms with Gasteiger partial charge in [-0.15, -0.1) is 6.42 Å². The monoisotopic (exact) mass is 400 g/mol. The van der Waals surface area contributed by atoms with Crippen molar-refractivity contribution in [3.63, 3.8) is 0 Å². The quantitative estimate of drug-likeness (QED) is 0.460. The lowest BCUT2D eigenvalue weighted by molar-refractivity contribution is -0.118. The van der Waals surface area contributed by atoms with Gasteiger partial charge >= 0.3 is 0 Å². The molecule has 1 amide bonds. The fraction of sp³-hybridized carbons (Fsp3) is 0.400. The minimum absolute atomic E-state index is 0.0569. The largest absolute Gasteiger partial charge is 0.480 e. The molecule has 0 radical (unpaired) electrons. The number of hydrogen-bond acceptors (Lipinski definition) is 3. The van der Waals surface area contributed by atoms with Crippen LogP contribution < -0.4 is 10.1 Å². The maximum atomic E-state index is 12.5. The van der Waals surface area contributed by atoms with E-state index in [1.165, 1.54) is 6.42 Å². The van der Waals surface area contributed by atoms with E-state index in [1.54, 1.807) is 18.2 Å². The third-order valence-corrected chi connectivity index (χ3v) is 4.87. The zero-order valence-electron chi connectivity index (χ0n) is 14.2. The maximum Gasteiger partial charge on any atom is 0.262 e. The number of terminal acetylenes is 1. The van der Waals surface area contributed by atoms with Crippen LogP contribution in [0.5, 0.6) is 5.75 Å². The highest BCUT2D eigenvalue weighted by Crippen LogP contribution is 2.27. The lowest BCUT2D eigenvalue weighted by Gasteiger charge is -2.29. The van der Waals surface area contributed by atoms with Gasteiger partial charge in [-0.1, -0.05) is 41.6 Å². The van der Waals surface area contributed by atoms with Crippen LogP contribution in [-0.4, -0.2) is 18.6 Å². The van der Waals surface area contributed by atoms with E-state index in [4.69, 9.17) is 11.2 Å². The van der Waals surface area contributed by atoms with Crippen LogP contribution in [0.15, 0.2) is 28.2 Å². The van der Waals surface area contributed by atoms with Crippen LogP contribution in [0.1, 0.15) is 38.2 Å². The number of nitrogens with one attached hydrogen (secondary N) is 1. The van der Waals surface area contributed by atoms with Gasteiger partial charge in [0.25, 0.3) is 5.91 Å². The van der Waals surface area contributed by atoms with Gasteiger partial charge in [-0.25, -0.2) is 0 Å². The molecule has 1 aromatic rings. The summed E-state index contributed by atoms with van der Waals surface area (Å²) in [6, 6.07) is 7.48. The molecule has 0 unspecified atom stereocenters. The summed E-state index contributed by atoms with van der Waals surface area (Å²) < 4.78 is 6.32.